The molecule has 7 rings (SSSR count). The Morgan fingerprint density at radius 2 is 1.41 bits per heavy atom. The summed E-state index contributed by atoms with van der Waals surface area (Å²) in [5.74, 6) is 2.35. The van der Waals surface area contributed by atoms with Crippen LogP contribution in [0.3, 0.4) is 0 Å². The van der Waals surface area contributed by atoms with E-state index < -0.39 is 27.2 Å². The number of hydrogen-bond donors (Lipinski definition) is 0. The van der Waals surface area contributed by atoms with Gasteiger partial charge < -0.3 is 9.47 Å². The minimum atomic E-state index is -0.730. The second-order valence-electron chi connectivity index (χ2n) is 18.1. The van der Waals surface area contributed by atoms with Crippen molar-refractivity contribution in [1.82, 2.24) is 0 Å². The number of fused-ring (bicyclic) bond motifs is 7. The summed E-state index contributed by atoms with van der Waals surface area (Å²) in [5, 5.41) is 22.9. The fourth-order valence-corrected chi connectivity index (χ4v) is 13.3. The minimum Gasteiger partial charge on any atom is -0.458 e. The average molecular weight is 637 g/mol. The molecule has 0 N–H and O–H groups in total. The number of esters is 1. The highest BCUT2D eigenvalue weighted by Crippen LogP contribution is 2.78. The third-order valence-corrected chi connectivity index (χ3v) is 16.0. The molecule has 5 aliphatic carbocycles. The van der Waals surface area contributed by atoms with Crippen molar-refractivity contribution in [3.8, 4) is 0 Å². The van der Waals surface area contributed by atoms with Gasteiger partial charge in [-0.2, -0.15) is 0 Å². The predicted molar refractivity (Wildman–Crippen MR) is 173 cm³/mol. The molecule has 1 heterocycles. The van der Waals surface area contributed by atoms with Gasteiger partial charge in [-0.05, 0) is 122 Å². The van der Waals surface area contributed by atoms with E-state index in [9.17, 15) is 25.0 Å². The van der Waals surface area contributed by atoms with Gasteiger partial charge in [0.2, 0.25) is 0 Å². The van der Waals surface area contributed by atoms with E-state index in [1.54, 1.807) is 0 Å². The summed E-state index contributed by atoms with van der Waals surface area (Å²) < 4.78 is 12.3. The monoisotopic (exact) mass is 636 g/mol. The zero-order valence-electron chi connectivity index (χ0n) is 28.7. The van der Waals surface area contributed by atoms with Crippen LogP contribution in [0.4, 0.5) is 11.4 Å². The Morgan fingerprint density at radius 1 is 0.761 bits per heavy atom. The van der Waals surface area contributed by atoms with Crippen molar-refractivity contribution < 1.29 is 24.1 Å². The number of hydrogen-bond acceptors (Lipinski definition) is 7. The molecule has 1 aliphatic heterocycles. The van der Waals surface area contributed by atoms with Crippen molar-refractivity contribution in [2.24, 2.45) is 56.7 Å². The maximum atomic E-state index is 13.4. The maximum Gasteiger partial charge on any atom is 0.338 e. The number of carbonyl (C=O) groups is 1. The molecule has 6 fully saturated rings. The molecule has 0 spiro atoms. The Balaban J connectivity index is 1.14. The largest absolute Gasteiger partial charge is 0.458 e. The number of ether oxygens (including phenoxy) is 2. The van der Waals surface area contributed by atoms with Crippen molar-refractivity contribution in [2.45, 2.75) is 124 Å². The fourth-order valence-electron chi connectivity index (χ4n) is 13.3. The lowest BCUT2D eigenvalue weighted by Crippen LogP contribution is -2.66. The van der Waals surface area contributed by atoms with Crippen molar-refractivity contribution in [3.05, 3.63) is 44.0 Å². The van der Waals surface area contributed by atoms with Gasteiger partial charge in [-0.3, -0.25) is 20.2 Å². The van der Waals surface area contributed by atoms with Crippen LogP contribution >= 0.6 is 0 Å². The molecule has 0 bridgehead atoms. The lowest BCUT2D eigenvalue weighted by molar-refractivity contribution is -0.394. The molecule has 1 aromatic rings. The van der Waals surface area contributed by atoms with Gasteiger partial charge in [0, 0.05) is 17.5 Å². The van der Waals surface area contributed by atoms with Gasteiger partial charge in [0.25, 0.3) is 11.4 Å². The van der Waals surface area contributed by atoms with Gasteiger partial charge in [0.05, 0.1) is 33.7 Å². The Labute approximate surface area is 272 Å². The number of nitro groups is 2. The van der Waals surface area contributed by atoms with Crippen molar-refractivity contribution in [3.63, 3.8) is 0 Å². The predicted octanol–water partition coefficient (Wildman–Crippen LogP) is 8.92. The van der Waals surface area contributed by atoms with Gasteiger partial charge in [-0.1, -0.05) is 41.5 Å². The highest BCUT2D eigenvalue weighted by molar-refractivity contribution is 5.91. The molecular weight excluding hydrogens is 584 g/mol. The zero-order chi connectivity index (χ0) is 33.2. The van der Waals surface area contributed by atoms with Crippen LogP contribution in [0, 0.1) is 76.9 Å². The molecule has 11 atom stereocenters. The topological polar surface area (TPSA) is 125 Å². The molecule has 0 aromatic heterocycles. The van der Waals surface area contributed by atoms with E-state index in [1.807, 2.05) is 0 Å². The number of nitrogens with zero attached hydrogens (tertiary/aromatic N) is 2. The van der Waals surface area contributed by atoms with Gasteiger partial charge in [-0.25, -0.2) is 4.79 Å². The molecule has 1 aromatic carbocycles. The molecule has 0 radical (unpaired) electrons. The first-order valence-corrected chi connectivity index (χ1v) is 17.7. The maximum absolute atomic E-state index is 13.4. The number of epoxide rings is 1. The van der Waals surface area contributed by atoms with Crippen molar-refractivity contribution in [2.75, 3.05) is 6.61 Å². The molecule has 46 heavy (non-hydrogen) atoms. The van der Waals surface area contributed by atoms with E-state index >= 15 is 0 Å². The summed E-state index contributed by atoms with van der Waals surface area (Å²) in [5.41, 5.74) is -0.292. The summed E-state index contributed by atoms with van der Waals surface area (Å²) >= 11 is 0. The van der Waals surface area contributed by atoms with Gasteiger partial charge in [0.1, 0.15) is 6.10 Å². The van der Waals surface area contributed by atoms with E-state index in [-0.39, 0.29) is 38.9 Å². The molecule has 5 saturated carbocycles. The first-order valence-electron chi connectivity index (χ1n) is 17.7. The quantitative estimate of drug-likeness (QED) is 0.137. The van der Waals surface area contributed by atoms with Crippen LogP contribution in [-0.2, 0) is 9.47 Å². The minimum absolute atomic E-state index is 0.0809. The van der Waals surface area contributed by atoms with Crippen LogP contribution in [0.15, 0.2) is 18.2 Å². The summed E-state index contributed by atoms with van der Waals surface area (Å²) in [6.07, 6.45) is 11.4. The van der Waals surface area contributed by atoms with Crippen LogP contribution in [0.5, 0.6) is 0 Å². The van der Waals surface area contributed by atoms with E-state index in [2.05, 4.69) is 48.5 Å². The van der Waals surface area contributed by atoms with Gasteiger partial charge >= 0.3 is 5.97 Å². The van der Waals surface area contributed by atoms with Crippen LogP contribution in [0.25, 0.3) is 0 Å². The number of rotatable bonds is 5. The molecule has 0 unspecified atom stereocenters. The Morgan fingerprint density at radius 3 is 2.02 bits per heavy atom. The molecule has 0 amide bonds. The highest BCUT2D eigenvalue weighted by atomic mass is 16.6. The number of carbonyl (C=O) groups excluding carboxylic acids is 1. The molecule has 6 aliphatic rings. The lowest BCUT2D eigenvalue weighted by Gasteiger charge is -2.73. The van der Waals surface area contributed by atoms with Crippen LogP contribution in [0.1, 0.15) is 123 Å². The Bertz CT molecular complexity index is 1460. The van der Waals surface area contributed by atoms with Gasteiger partial charge in [0.15, 0.2) is 0 Å². The molecule has 9 heteroatoms. The Hall–Kier alpha value is -2.55. The normalized spacial score (nSPS) is 47.0. The average Bonchev–Trinajstić information content (AvgIpc) is 3.63. The van der Waals surface area contributed by atoms with E-state index in [0.29, 0.717) is 29.6 Å². The fraction of sp³-hybridized carbons (Fsp3) is 0.811. The Kier molecular flexibility index (Phi) is 6.95. The molecule has 9 nitrogen and oxygen atoms in total. The molecule has 252 valence electrons. The van der Waals surface area contributed by atoms with E-state index in [0.717, 1.165) is 49.5 Å². The van der Waals surface area contributed by atoms with Crippen LogP contribution in [0.2, 0.25) is 0 Å². The number of non-ortho nitro benzene ring substituents is 2. The SMILES string of the molecule is CC1(C)[C@@H](OC(=O)c2cc([N+](=O)[O-])cc([N+](=O)[O-])c2)CC[C@]2(C)[C@H]3CC[C@@H]4[C@H]5[C@H]([C@@]6(C)CO6)CC[C@]5(C)CC[C@@]4(C)[C@]3(C)CC[C@@H]12. The summed E-state index contributed by atoms with van der Waals surface area (Å²) in [4.78, 5) is 34.9. The third-order valence-electron chi connectivity index (χ3n) is 16.0. The summed E-state index contributed by atoms with van der Waals surface area (Å²) in [6.45, 7) is 18.2. The first-order chi connectivity index (χ1) is 21.4. The van der Waals surface area contributed by atoms with E-state index in [4.69, 9.17) is 9.47 Å². The highest BCUT2D eigenvalue weighted by Gasteiger charge is 2.72. The number of nitro benzene ring substituents is 2. The first kappa shape index (κ1) is 32.0. The smallest absolute Gasteiger partial charge is 0.338 e. The second kappa shape index (κ2) is 9.99. The zero-order valence-corrected chi connectivity index (χ0v) is 28.7. The third kappa shape index (κ3) is 4.31. The summed E-state index contributed by atoms with van der Waals surface area (Å²) in [6, 6.07) is 3.04. The lowest BCUT2D eigenvalue weighted by atomic mass is 9.32. The van der Waals surface area contributed by atoms with Crippen LogP contribution in [-0.4, -0.2) is 34.1 Å². The van der Waals surface area contributed by atoms with Crippen molar-refractivity contribution in [1.29, 1.82) is 0 Å². The van der Waals surface area contributed by atoms with Gasteiger partial charge in [-0.15, -0.1) is 0 Å². The van der Waals surface area contributed by atoms with E-state index in [1.165, 1.54) is 44.9 Å². The second-order valence-corrected chi connectivity index (χ2v) is 18.1. The molecule has 1 saturated heterocycles. The van der Waals surface area contributed by atoms with Crippen molar-refractivity contribution >= 4 is 17.3 Å². The number of benzene rings is 1. The summed E-state index contributed by atoms with van der Waals surface area (Å²) in [7, 11) is 0. The standard InChI is InChI=1S/C37H52N2O7/c1-32(2)27-11-15-36(6)28(9-8-25-30-26(37(7)21-45-37)10-13-33(30,3)16-17-35(25,36)5)34(27,4)14-12-29(32)46-31(40)22-18-23(38(41)42)20-24(19-22)39(43)44/h18-20,25-30H,8-17,21H2,1-7H3/t25-,26-,27+,28-,29+,30+,33-,34+,35-,36-,37-/m1/s1. The molecular formula is C37H52N2O7. The van der Waals surface area contributed by atoms with Crippen LogP contribution < -0.4 is 0 Å².